The van der Waals surface area contributed by atoms with E-state index in [1.54, 1.807) is 0 Å². The molecule has 1 aromatic carbocycles. The number of aryl methyl sites for hydroxylation is 1. The molecule has 0 radical (unpaired) electrons. The molecule has 0 aromatic heterocycles. The standard InChI is InChI=1S/C11H14N2S/c1-8-2-4-9(5-3-8)10-6-7-11(14)13-12-10/h2-7,10-14H,1H3. The molecule has 1 aromatic rings. The van der Waals surface area contributed by atoms with E-state index in [-0.39, 0.29) is 11.4 Å². The van der Waals surface area contributed by atoms with Gasteiger partial charge in [0.2, 0.25) is 0 Å². The molecule has 0 aliphatic carbocycles. The Morgan fingerprint density at radius 3 is 2.36 bits per heavy atom. The Balaban J connectivity index is 2.16. The van der Waals surface area contributed by atoms with Crippen molar-refractivity contribution >= 4 is 12.6 Å². The van der Waals surface area contributed by atoms with Gasteiger partial charge in [-0.15, -0.1) is 0 Å². The third-order valence-corrected chi connectivity index (χ3v) is 2.61. The lowest BCUT2D eigenvalue weighted by Gasteiger charge is -2.23. The Morgan fingerprint density at radius 1 is 1.07 bits per heavy atom. The Kier molecular flexibility index (Phi) is 2.91. The average molecular weight is 206 g/mol. The van der Waals surface area contributed by atoms with Crippen molar-refractivity contribution in [3.8, 4) is 0 Å². The van der Waals surface area contributed by atoms with Crippen LogP contribution in [0, 0.1) is 6.92 Å². The fourth-order valence-electron chi connectivity index (χ4n) is 1.46. The Bertz CT molecular complexity index is 332. The van der Waals surface area contributed by atoms with Crippen LogP contribution in [0.1, 0.15) is 17.2 Å². The van der Waals surface area contributed by atoms with Gasteiger partial charge in [-0.05, 0) is 12.5 Å². The normalized spacial score (nSPS) is 26.4. The van der Waals surface area contributed by atoms with E-state index in [4.69, 9.17) is 0 Å². The summed E-state index contributed by atoms with van der Waals surface area (Å²) in [6.45, 7) is 2.09. The van der Waals surface area contributed by atoms with E-state index in [2.05, 4.69) is 60.7 Å². The van der Waals surface area contributed by atoms with Gasteiger partial charge in [-0.1, -0.05) is 42.0 Å². The molecule has 0 bridgehead atoms. The Morgan fingerprint density at radius 2 is 1.79 bits per heavy atom. The van der Waals surface area contributed by atoms with E-state index in [9.17, 15) is 0 Å². The monoisotopic (exact) mass is 206 g/mol. The summed E-state index contributed by atoms with van der Waals surface area (Å²) in [6.07, 6.45) is 4.17. The van der Waals surface area contributed by atoms with Gasteiger partial charge in [0.15, 0.2) is 0 Å². The molecule has 0 spiro atoms. The first-order valence-corrected chi connectivity index (χ1v) is 5.21. The molecular formula is C11H14N2S. The van der Waals surface area contributed by atoms with Crippen molar-refractivity contribution in [2.45, 2.75) is 18.3 Å². The van der Waals surface area contributed by atoms with E-state index in [1.165, 1.54) is 11.1 Å². The number of rotatable bonds is 1. The predicted octanol–water partition coefficient (Wildman–Crippen LogP) is 1.96. The number of thiol groups is 1. The molecule has 2 atom stereocenters. The minimum atomic E-state index is 0.108. The zero-order chi connectivity index (χ0) is 9.97. The molecule has 14 heavy (non-hydrogen) atoms. The van der Waals surface area contributed by atoms with Crippen LogP contribution in [0.25, 0.3) is 0 Å². The third-order valence-electron chi connectivity index (χ3n) is 2.31. The SMILES string of the molecule is Cc1ccc(C2C=CC(S)NN2)cc1. The number of hydrazine groups is 1. The van der Waals surface area contributed by atoms with Gasteiger partial charge in [-0.3, -0.25) is 0 Å². The molecule has 74 valence electrons. The fourth-order valence-corrected chi connectivity index (χ4v) is 1.63. The summed E-state index contributed by atoms with van der Waals surface area (Å²) in [7, 11) is 0. The molecule has 0 amide bonds. The lowest BCUT2D eigenvalue weighted by Crippen LogP contribution is -2.42. The molecule has 1 aliphatic rings. The summed E-state index contributed by atoms with van der Waals surface area (Å²) < 4.78 is 0. The lowest BCUT2D eigenvalue weighted by molar-refractivity contribution is 0.482. The zero-order valence-electron chi connectivity index (χ0n) is 8.07. The molecule has 1 heterocycles. The quantitative estimate of drug-likeness (QED) is 0.483. The number of nitrogens with one attached hydrogen (secondary N) is 2. The maximum absolute atomic E-state index is 4.27. The molecule has 0 saturated carbocycles. The highest BCUT2D eigenvalue weighted by molar-refractivity contribution is 7.81. The minimum absolute atomic E-state index is 0.108. The highest BCUT2D eigenvalue weighted by Gasteiger charge is 2.12. The van der Waals surface area contributed by atoms with Gasteiger partial charge < -0.3 is 0 Å². The first-order chi connectivity index (χ1) is 6.75. The molecule has 2 nitrogen and oxygen atoms in total. The number of hydrogen-bond donors (Lipinski definition) is 3. The summed E-state index contributed by atoms with van der Waals surface area (Å²) in [5.41, 5.74) is 8.81. The summed E-state index contributed by atoms with van der Waals surface area (Å²) in [6, 6.07) is 8.77. The topological polar surface area (TPSA) is 24.1 Å². The van der Waals surface area contributed by atoms with Crippen LogP contribution < -0.4 is 10.9 Å². The smallest absolute Gasteiger partial charge is 0.0819 e. The van der Waals surface area contributed by atoms with Crippen LogP contribution in [0.15, 0.2) is 36.4 Å². The van der Waals surface area contributed by atoms with Gasteiger partial charge in [0, 0.05) is 0 Å². The summed E-state index contributed by atoms with van der Waals surface area (Å²) in [5.74, 6) is 0. The van der Waals surface area contributed by atoms with Crippen LogP contribution in [-0.2, 0) is 0 Å². The first kappa shape index (κ1) is 9.77. The number of benzene rings is 1. The van der Waals surface area contributed by atoms with E-state index >= 15 is 0 Å². The van der Waals surface area contributed by atoms with Gasteiger partial charge >= 0.3 is 0 Å². The molecule has 2 unspecified atom stereocenters. The van der Waals surface area contributed by atoms with Crippen LogP contribution in [0.5, 0.6) is 0 Å². The maximum atomic E-state index is 4.27. The van der Waals surface area contributed by atoms with Gasteiger partial charge in [0.05, 0.1) is 11.4 Å². The van der Waals surface area contributed by atoms with Crippen molar-refractivity contribution in [1.82, 2.24) is 10.9 Å². The second kappa shape index (κ2) is 4.17. The van der Waals surface area contributed by atoms with E-state index in [1.807, 2.05) is 6.08 Å². The number of hydrogen-bond acceptors (Lipinski definition) is 3. The molecular weight excluding hydrogens is 192 g/mol. The van der Waals surface area contributed by atoms with Gasteiger partial charge in [-0.2, -0.15) is 12.6 Å². The van der Waals surface area contributed by atoms with Gasteiger partial charge in [0.25, 0.3) is 0 Å². The lowest BCUT2D eigenvalue weighted by atomic mass is 10.0. The molecule has 1 aliphatic heterocycles. The van der Waals surface area contributed by atoms with Gasteiger partial charge in [0.1, 0.15) is 0 Å². The van der Waals surface area contributed by atoms with Crippen molar-refractivity contribution in [2.24, 2.45) is 0 Å². The summed E-state index contributed by atoms with van der Waals surface area (Å²) in [5, 5.41) is 0.108. The van der Waals surface area contributed by atoms with Gasteiger partial charge in [-0.25, -0.2) is 10.9 Å². The average Bonchev–Trinajstić information content (AvgIpc) is 2.21. The van der Waals surface area contributed by atoms with E-state index < -0.39 is 0 Å². The first-order valence-electron chi connectivity index (χ1n) is 4.70. The zero-order valence-corrected chi connectivity index (χ0v) is 8.96. The van der Waals surface area contributed by atoms with Crippen LogP contribution in [0.4, 0.5) is 0 Å². The largest absolute Gasteiger partial charge is 0.245 e. The second-order valence-electron chi connectivity index (χ2n) is 3.51. The predicted molar refractivity (Wildman–Crippen MR) is 62.1 cm³/mol. The molecule has 2 rings (SSSR count). The second-order valence-corrected chi connectivity index (χ2v) is 4.06. The third kappa shape index (κ3) is 2.18. The summed E-state index contributed by atoms with van der Waals surface area (Å²) in [4.78, 5) is 0. The maximum Gasteiger partial charge on any atom is 0.0819 e. The van der Waals surface area contributed by atoms with Crippen LogP contribution in [-0.4, -0.2) is 5.37 Å². The fraction of sp³-hybridized carbons (Fsp3) is 0.273. The van der Waals surface area contributed by atoms with Crippen molar-refractivity contribution in [3.05, 3.63) is 47.5 Å². The molecule has 2 N–H and O–H groups in total. The molecule has 0 saturated heterocycles. The van der Waals surface area contributed by atoms with E-state index in [0.29, 0.717) is 0 Å². The molecule has 0 fully saturated rings. The molecule has 3 heteroatoms. The van der Waals surface area contributed by atoms with Crippen LogP contribution in [0.2, 0.25) is 0 Å². The minimum Gasteiger partial charge on any atom is -0.245 e. The van der Waals surface area contributed by atoms with Crippen molar-refractivity contribution < 1.29 is 0 Å². The Labute approximate surface area is 89.8 Å². The summed E-state index contributed by atoms with van der Waals surface area (Å²) >= 11 is 4.27. The van der Waals surface area contributed by atoms with Crippen LogP contribution in [0.3, 0.4) is 0 Å². The van der Waals surface area contributed by atoms with E-state index in [0.717, 1.165) is 0 Å². The highest BCUT2D eigenvalue weighted by Crippen LogP contribution is 2.17. The highest BCUT2D eigenvalue weighted by atomic mass is 32.1. The van der Waals surface area contributed by atoms with Crippen molar-refractivity contribution in [3.63, 3.8) is 0 Å². The Hall–Kier alpha value is -0.770. The van der Waals surface area contributed by atoms with Crippen molar-refractivity contribution in [1.29, 1.82) is 0 Å². The van der Waals surface area contributed by atoms with Crippen LogP contribution >= 0.6 is 12.6 Å². The van der Waals surface area contributed by atoms with Crippen molar-refractivity contribution in [2.75, 3.05) is 0 Å².